The molecule has 0 aliphatic carbocycles. The van der Waals surface area contributed by atoms with E-state index in [1.54, 1.807) is 37.3 Å². The van der Waals surface area contributed by atoms with Gasteiger partial charge in [-0.05, 0) is 74.9 Å². The Kier molecular flexibility index (Phi) is 7.32. The molecule has 36 heavy (non-hydrogen) atoms. The van der Waals surface area contributed by atoms with Crippen LogP contribution in [0.1, 0.15) is 16.8 Å². The predicted octanol–water partition coefficient (Wildman–Crippen LogP) is 6.35. The van der Waals surface area contributed by atoms with Crippen LogP contribution in [0.3, 0.4) is 0 Å². The molecule has 186 valence electrons. The summed E-state index contributed by atoms with van der Waals surface area (Å²) in [5.41, 5.74) is 4.68. The van der Waals surface area contributed by atoms with Crippen LogP contribution in [-0.2, 0) is 10.0 Å². The molecule has 4 rings (SSSR count). The largest absolute Gasteiger partial charge is 0.495 e. The zero-order chi connectivity index (χ0) is 25.9. The zero-order valence-electron chi connectivity index (χ0n) is 20.3. The third kappa shape index (κ3) is 6.05. The molecular formula is C26H26ClN5O3S. The first-order chi connectivity index (χ1) is 17.1. The van der Waals surface area contributed by atoms with Crippen LogP contribution in [0.2, 0.25) is 5.02 Å². The van der Waals surface area contributed by atoms with Gasteiger partial charge >= 0.3 is 0 Å². The summed E-state index contributed by atoms with van der Waals surface area (Å²) in [6.07, 6.45) is 0. The van der Waals surface area contributed by atoms with Crippen molar-refractivity contribution in [3.8, 4) is 5.75 Å². The number of hydrogen-bond donors (Lipinski definition) is 3. The van der Waals surface area contributed by atoms with Crippen molar-refractivity contribution in [3.63, 3.8) is 0 Å². The molecule has 0 saturated carbocycles. The summed E-state index contributed by atoms with van der Waals surface area (Å²) in [7, 11) is -2.51. The maximum atomic E-state index is 13.0. The van der Waals surface area contributed by atoms with Crippen LogP contribution in [0.25, 0.3) is 0 Å². The number of ether oxygens (including phenoxy) is 1. The monoisotopic (exact) mass is 523 g/mol. The molecule has 0 radical (unpaired) electrons. The molecule has 0 bridgehead atoms. The van der Waals surface area contributed by atoms with E-state index in [2.05, 4.69) is 25.3 Å². The van der Waals surface area contributed by atoms with Gasteiger partial charge in [-0.1, -0.05) is 29.3 Å². The maximum Gasteiger partial charge on any atom is 0.265 e. The van der Waals surface area contributed by atoms with Gasteiger partial charge in [0.15, 0.2) is 0 Å². The lowest BCUT2D eigenvalue weighted by Crippen LogP contribution is -2.14. The van der Waals surface area contributed by atoms with Crippen LogP contribution in [0.5, 0.6) is 5.75 Å². The number of sulfonamides is 1. The fourth-order valence-corrected chi connectivity index (χ4v) is 4.91. The van der Waals surface area contributed by atoms with Gasteiger partial charge in [-0.3, -0.25) is 4.72 Å². The summed E-state index contributed by atoms with van der Waals surface area (Å²) in [5.74, 6) is 1.29. The van der Waals surface area contributed by atoms with Crippen molar-refractivity contribution >= 4 is 50.5 Å². The Hall–Kier alpha value is -3.82. The number of benzene rings is 3. The average Bonchev–Trinajstić information content (AvgIpc) is 2.82. The second-order valence-corrected chi connectivity index (χ2v) is 10.3. The van der Waals surface area contributed by atoms with Crippen molar-refractivity contribution in [2.45, 2.75) is 25.7 Å². The van der Waals surface area contributed by atoms with E-state index in [0.29, 0.717) is 28.2 Å². The van der Waals surface area contributed by atoms with E-state index in [1.165, 1.54) is 18.7 Å². The zero-order valence-corrected chi connectivity index (χ0v) is 21.8. The smallest absolute Gasteiger partial charge is 0.265 e. The van der Waals surface area contributed by atoms with Crippen LogP contribution < -0.4 is 20.1 Å². The number of anilines is 5. The van der Waals surface area contributed by atoms with E-state index in [1.807, 2.05) is 44.2 Å². The number of methoxy groups -OCH3 is 1. The SMILES string of the molecule is COc1cc(C)c(Cl)cc1S(=O)(=O)Nc1ccc(Nc2nc(C)cc(Nc3ccc(C)cc3)n2)cc1. The quantitative estimate of drug-likeness (QED) is 0.247. The minimum Gasteiger partial charge on any atom is -0.495 e. The molecule has 0 aliphatic heterocycles. The molecule has 4 aromatic rings. The summed E-state index contributed by atoms with van der Waals surface area (Å²) in [4.78, 5) is 8.93. The van der Waals surface area contributed by atoms with E-state index in [9.17, 15) is 8.42 Å². The molecular weight excluding hydrogens is 498 g/mol. The van der Waals surface area contributed by atoms with Crippen LogP contribution in [0.15, 0.2) is 71.6 Å². The highest BCUT2D eigenvalue weighted by molar-refractivity contribution is 7.92. The van der Waals surface area contributed by atoms with Gasteiger partial charge in [-0.25, -0.2) is 13.4 Å². The highest BCUT2D eigenvalue weighted by Crippen LogP contribution is 2.31. The number of hydrogen-bond acceptors (Lipinski definition) is 7. The molecule has 1 aromatic heterocycles. The fourth-order valence-electron chi connectivity index (χ4n) is 3.44. The lowest BCUT2D eigenvalue weighted by atomic mass is 10.2. The van der Waals surface area contributed by atoms with Gasteiger partial charge < -0.3 is 15.4 Å². The van der Waals surface area contributed by atoms with E-state index < -0.39 is 10.0 Å². The molecule has 0 saturated heterocycles. The first-order valence-corrected chi connectivity index (χ1v) is 12.9. The molecule has 3 aromatic carbocycles. The standard InChI is InChI=1S/C26H26ClN5O3S/c1-16-5-7-19(8-6-16)29-25-14-18(3)28-26(31-25)30-20-9-11-21(12-10-20)32-36(33,34)24-15-22(27)17(2)13-23(24)35-4/h5-15,32H,1-4H3,(H2,28,29,30,31). The molecule has 3 N–H and O–H groups in total. The van der Waals surface area contributed by atoms with E-state index in [4.69, 9.17) is 16.3 Å². The van der Waals surface area contributed by atoms with Crippen molar-refractivity contribution < 1.29 is 13.2 Å². The molecule has 0 aliphatic rings. The molecule has 0 fully saturated rings. The molecule has 8 nitrogen and oxygen atoms in total. The molecule has 10 heteroatoms. The minimum absolute atomic E-state index is 0.0374. The van der Waals surface area contributed by atoms with Gasteiger partial charge in [0.25, 0.3) is 10.0 Å². The summed E-state index contributed by atoms with van der Waals surface area (Å²) >= 11 is 6.15. The van der Waals surface area contributed by atoms with Crippen LogP contribution in [0.4, 0.5) is 28.8 Å². The van der Waals surface area contributed by atoms with Crippen molar-refractivity contribution in [2.24, 2.45) is 0 Å². The van der Waals surface area contributed by atoms with Crippen molar-refractivity contribution in [1.82, 2.24) is 9.97 Å². The Bertz CT molecular complexity index is 1490. The van der Waals surface area contributed by atoms with Gasteiger partial charge in [0, 0.05) is 33.8 Å². The molecule has 0 amide bonds. The summed E-state index contributed by atoms with van der Waals surface area (Å²) < 4.78 is 33.8. The molecule has 0 spiro atoms. The Morgan fingerprint density at radius 2 is 1.42 bits per heavy atom. The van der Waals surface area contributed by atoms with Gasteiger partial charge in [0.1, 0.15) is 16.5 Å². The summed E-state index contributed by atoms with van der Waals surface area (Å²) in [6.45, 7) is 5.70. The Labute approximate surface area is 215 Å². The predicted molar refractivity (Wildman–Crippen MR) is 145 cm³/mol. The van der Waals surface area contributed by atoms with E-state index in [0.717, 1.165) is 16.9 Å². The number of aryl methyl sites for hydroxylation is 3. The summed E-state index contributed by atoms with van der Waals surface area (Å²) in [6, 6.07) is 19.6. The number of aromatic nitrogens is 2. The third-order valence-electron chi connectivity index (χ3n) is 5.31. The van der Waals surface area contributed by atoms with Crippen molar-refractivity contribution in [3.05, 3.63) is 88.6 Å². The highest BCUT2D eigenvalue weighted by atomic mass is 35.5. The Balaban J connectivity index is 1.49. The summed E-state index contributed by atoms with van der Waals surface area (Å²) in [5, 5.41) is 6.77. The van der Waals surface area contributed by atoms with Gasteiger partial charge in [0.2, 0.25) is 5.95 Å². The van der Waals surface area contributed by atoms with Crippen LogP contribution >= 0.6 is 11.6 Å². The van der Waals surface area contributed by atoms with Crippen molar-refractivity contribution in [1.29, 1.82) is 0 Å². The lowest BCUT2D eigenvalue weighted by molar-refractivity contribution is 0.402. The number of halogens is 1. The van der Waals surface area contributed by atoms with Crippen LogP contribution in [-0.4, -0.2) is 25.5 Å². The number of nitrogens with one attached hydrogen (secondary N) is 3. The normalized spacial score (nSPS) is 11.1. The third-order valence-corrected chi connectivity index (χ3v) is 7.12. The molecule has 0 unspecified atom stereocenters. The first-order valence-electron chi connectivity index (χ1n) is 11.1. The minimum atomic E-state index is -3.92. The second kappa shape index (κ2) is 10.4. The average molecular weight is 524 g/mol. The second-order valence-electron chi connectivity index (χ2n) is 8.27. The Morgan fingerprint density at radius 3 is 2.08 bits per heavy atom. The van der Waals surface area contributed by atoms with Gasteiger partial charge in [0.05, 0.1) is 7.11 Å². The fraction of sp³-hybridized carbons (Fsp3) is 0.154. The van der Waals surface area contributed by atoms with Crippen LogP contribution in [0, 0.1) is 20.8 Å². The Morgan fingerprint density at radius 1 is 0.806 bits per heavy atom. The topological polar surface area (TPSA) is 105 Å². The van der Waals surface area contributed by atoms with E-state index >= 15 is 0 Å². The first kappa shape index (κ1) is 25.3. The lowest BCUT2D eigenvalue weighted by Gasteiger charge is -2.14. The molecule has 1 heterocycles. The number of nitrogens with zero attached hydrogens (tertiary/aromatic N) is 2. The van der Waals surface area contributed by atoms with Gasteiger partial charge in [-0.15, -0.1) is 0 Å². The highest BCUT2D eigenvalue weighted by Gasteiger charge is 2.21. The van der Waals surface area contributed by atoms with Crippen molar-refractivity contribution in [2.75, 3.05) is 22.5 Å². The van der Waals surface area contributed by atoms with Gasteiger partial charge in [-0.2, -0.15) is 4.98 Å². The number of rotatable bonds is 8. The molecule has 0 atom stereocenters. The maximum absolute atomic E-state index is 13.0. The van der Waals surface area contributed by atoms with E-state index in [-0.39, 0.29) is 10.6 Å².